The first-order valence-electron chi connectivity index (χ1n) is 9.58. The molecule has 3 aromatic carbocycles. The smallest absolute Gasteiger partial charge is 0.240 e. The average Bonchev–Trinajstić information content (AvgIpc) is 2.71. The fourth-order valence-corrected chi connectivity index (χ4v) is 5.07. The minimum absolute atomic E-state index is 0.146. The van der Waals surface area contributed by atoms with Gasteiger partial charge in [0.25, 0.3) is 0 Å². The van der Waals surface area contributed by atoms with Crippen LogP contribution in [0.1, 0.15) is 18.4 Å². The molecular weight excluding hydrogens is 394 g/mol. The highest BCUT2D eigenvalue weighted by Gasteiger charge is 2.25. The summed E-state index contributed by atoms with van der Waals surface area (Å²) in [4.78, 5) is 2.38. The van der Waals surface area contributed by atoms with Crippen molar-refractivity contribution < 1.29 is 17.2 Å². The number of hydrogen-bond donors (Lipinski definition) is 1. The molecule has 0 saturated carbocycles. The van der Waals surface area contributed by atoms with Crippen molar-refractivity contribution in [2.75, 3.05) is 13.1 Å². The SMILES string of the molecule is O=S(=O)(NC1CCN(Cc2ccc(F)c(F)c2)CC1)c1ccc2ccccc2c1. The van der Waals surface area contributed by atoms with E-state index in [0.29, 0.717) is 38.0 Å². The number of rotatable bonds is 5. The molecule has 0 bridgehead atoms. The van der Waals surface area contributed by atoms with Crippen molar-refractivity contribution in [1.82, 2.24) is 9.62 Å². The van der Waals surface area contributed by atoms with Crippen LogP contribution in [0.5, 0.6) is 0 Å². The van der Waals surface area contributed by atoms with E-state index in [1.165, 1.54) is 6.07 Å². The number of nitrogens with zero attached hydrogens (tertiary/aromatic N) is 1. The number of benzene rings is 3. The molecule has 1 heterocycles. The van der Waals surface area contributed by atoms with Gasteiger partial charge in [-0.25, -0.2) is 21.9 Å². The van der Waals surface area contributed by atoms with Crippen molar-refractivity contribution in [1.29, 1.82) is 0 Å². The van der Waals surface area contributed by atoms with E-state index in [2.05, 4.69) is 9.62 Å². The summed E-state index contributed by atoms with van der Waals surface area (Å²) in [5.74, 6) is -1.70. The van der Waals surface area contributed by atoms with Crippen LogP contribution in [0.15, 0.2) is 65.6 Å². The summed E-state index contributed by atoms with van der Waals surface area (Å²) in [6.07, 6.45) is 1.33. The van der Waals surface area contributed by atoms with Gasteiger partial charge in [-0.05, 0) is 53.4 Å². The molecule has 1 fully saturated rings. The first kappa shape index (κ1) is 19.9. The number of halogens is 2. The van der Waals surface area contributed by atoms with Crippen molar-refractivity contribution in [3.05, 3.63) is 77.9 Å². The predicted octanol–water partition coefficient (Wildman–Crippen LogP) is 4.06. The highest BCUT2D eigenvalue weighted by molar-refractivity contribution is 7.89. The van der Waals surface area contributed by atoms with E-state index in [-0.39, 0.29) is 10.9 Å². The highest BCUT2D eigenvalue weighted by atomic mass is 32.2. The van der Waals surface area contributed by atoms with Crippen LogP contribution in [-0.2, 0) is 16.6 Å². The summed E-state index contributed by atoms with van der Waals surface area (Å²) in [5, 5.41) is 1.88. The van der Waals surface area contributed by atoms with Gasteiger partial charge in [0.15, 0.2) is 11.6 Å². The quantitative estimate of drug-likeness (QED) is 0.682. The van der Waals surface area contributed by atoms with Crippen molar-refractivity contribution >= 4 is 20.8 Å². The van der Waals surface area contributed by atoms with E-state index >= 15 is 0 Å². The molecule has 0 radical (unpaired) electrons. The van der Waals surface area contributed by atoms with Crippen LogP contribution in [0, 0.1) is 11.6 Å². The summed E-state index contributed by atoms with van der Waals surface area (Å²) in [6.45, 7) is 1.88. The van der Waals surface area contributed by atoms with Crippen LogP contribution in [0.2, 0.25) is 0 Å². The highest BCUT2D eigenvalue weighted by Crippen LogP contribution is 2.21. The summed E-state index contributed by atoms with van der Waals surface area (Å²) < 4.78 is 54.8. The predicted molar refractivity (Wildman–Crippen MR) is 109 cm³/mol. The van der Waals surface area contributed by atoms with E-state index in [1.807, 2.05) is 30.3 Å². The molecule has 152 valence electrons. The number of likely N-dealkylation sites (tertiary alicyclic amines) is 1. The van der Waals surface area contributed by atoms with Crippen molar-refractivity contribution in [2.24, 2.45) is 0 Å². The molecule has 0 unspecified atom stereocenters. The molecule has 1 aliphatic rings. The van der Waals surface area contributed by atoms with E-state index in [4.69, 9.17) is 0 Å². The number of hydrogen-bond acceptors (Lipinski definition) is 3. The van der Waals surface area contributed by atoms with Gasteiger partial charge < -0.3 is 0 Å². The van der Waals surface area contributed by atoms with Gasteiger partial charge in [-0.15, -0.1) is 0 Å². The van der Waals surface area contributed by atoms with E-state index in [0.717, 1.165) is 16.8 Å². The van der Waals surface area contributed by atoms with Gasteiger partial charge in [-0.2, -0.15) is 0 Å². The molecule has 4 rings (SSSR count). The Bertz CT molecular complexity index is 1130. The second-order valence-electron chi connectivity index (χ2n) is 7.43. The molecule has 3 aromatic rings. The minimum Gasteiger partial charge on any atom is -0.299 e. The normalized spacial score (nSPS) is 16.3. The lowest BCUT2D eigenvalue weighted by Gasteiger charge is -2.32. The van der Waals surface area contributed by atoms with Crippen LogP contribution in [-0.4, -0.2) is 32.4 Å². The number of sulfonamides is 1. The first-order valence-corrected chi connectivity index (χ1v) is 11.1. The Morgan fingerprint density at radius 1 is 0.897 bits per heavy atom. The summed E-state index contributed by atoms with van der Waals surface area (Å²) >= 11 is 0. The maximum atomic E-state index is 13.4. The molecule has 0 atom stereocenters. The van der Waals surface area contributed by atoms with Crippen LogP contribution in [0.4, 0.5) is 8.78 Å². The van der Waals surface area contributed by atoms with E-state index < -0.39 is 21.7 Å². The first-order chi connectivity index (χ1) is 13.9. The Hall–Kier alpha value is -2.35. The van der Waals surface area contributed by atoms with Crippen LogP contribution in [0.3, 0.4) is 0 Å². The van der Waals surface area contributed by atoms with Gasteiger partial charge >= 0.3 is 0 Å². The monoisotopic (exact) mass is 416 g/mol. The zero-order valence-corrected chi connectivity index (χ0v) is 16.6. The van der Waals surface area contributed by atoms with Gasteiger partial charge in [0.05, 0.1) is 4.90 Å². The summed E-state index contributed by atoms with van der Waals surface area (Å²) in [6, 6.07) is 16.6. The maximum absolute atomic E-state index is 13.4. The molecule has 1 saturated heterocycles. The Kier molecular flexibility index (Phi) is 5.63. The molecule has 0 aliphatic carbocycles. The third-order valence-corrected chi connectivity index (χ3v) is 6.85. The lowest BCUT2D eigenvalue weighted by Crippen LogP contribution is -2.44. The average molecular weight is 416 g/mol. The Balaban J connectivity index is 1.37. The lowest BCUT2D eigenvalue weighted by molar-refractivity contribution is 0.199. The van der Waals surface area contributed by atoms with E-state index in [9.17, 15) is 17.2 Å². The van der Waals surface area contributed by atoms with Crippen LogP contribution < -0.4 is 4.72 Å². The number of fused-ring (bicyclic) bond motifs is 1. The third kappa shape index (κ3) is 4.63. The van der Waals surface area contributed by atoms with Gasteiger partial charge in [-0.3, -0.25) is 4.90 Å². The molecule has 29 heavy (non-hydrogen) atoms. The van der Waals surface area contributed by atoms with Crippen LogP contribution in [0.25, 0.3) is 10.8 Å². The van der Waals surface area contributed by atoms with E-state index in [1.54, 1.807) is 18.2 Å². The summed E-state index contributed by atoms with van der Waals surface area (Å²) in [5.41, 5.74) is 0.707. The van der Waals surface area contributed by atoms with Crippen molar-refractivity contribution in [3.63, 3.8) is 0 Å². The third-order valence-electron chi connectivity index (χ3n) is 5.33. The van der Waals surface area contributed by atoms with Gasteiger partial charge in [0, 0.05) is 25.7 Å². The number of nitrogens with one attached hydrogen (secondary N) is 1. The molecule has 4 nitrogen and oxygen atoms in total. The Morgan fingerprint density at radius 2 is 1.62 bits per heavy atom. The summed E-state index contributed by atoms with van der Waals surface area (Å²) in [7, 11) is -3.60. The van der Waals surface area contributed by atoms with Gasteiger partial charge in [0.1, 0.15) is 0 Å². The van der Waals surface area contributed by atoms with Crippen molar-refractivity contribution in [2.45, 2.75) is 30.3 Å². The molecule has 1 N–H and O–H groups in total. The molecule has 7 heteroatoms. The zero-order valence-electron chi connectivity index (χ0n) is 15.8. The fourth-order valence-electron chi connectivity index (χ4n) is 3.73. The second kappa shape index (κ2) is 8.18. The van der Waals surface area contributed by atoms with Crippen LogP contribution >= 0.6 is 0 Å². The Labute approximate surface area is 169 Å². The zero-order chi connectivity index (χ0) is 20.4. The van der Waals surface area contributed by atoms with Crippen molar-refractivity contribution in [3.8, 4) is 0 Å². The Morgan fingerprint density at radius 3 is 2.34 bits per heavy atom. The fraction of sp³-hybridized carbons (Fsp3) is 0.273. The molecular formula is C22H22F2N2O2S. The second-order valence-corrected chi connectivity index (χ2v) is 9.14. The standard InChI is InChI=1S/C22H22F2N2O2S/c23-21-8-5-16(13-22(21)24)15-26-11-9-19(10-12-26)25-29(27,28)20-7-6-17-3-1-2-4-18(17)14-20/h1-8,13-14,19,25H,9-12,15H2. The minimum atomic E-state index is -3.60. The van der Waals surface area contributed by atoms with Gasteiger partial charge in [-0.1, -0.05) is 36.4 Å². The molecule has 0 amide bonds. The molecule has 1 aliphatic heterocycles. The molecule has 0 aromatic heterocycles. The van der Waals surface area contributed by atoms with Gasteiger partial charge in [0.2, 0.25) is 10.0 Å². The lowest BCUT2D eigenvalue weighted by atomic mass is 10.1. The maximum Gasteiger partial charge on any atom is 0.240 e. The number of piperidine rings is 1. The largest absolute Gasteiger partial charge is 0.299 e. The molecule has 0 spiro atoms. The topological polar surface area (TPSA) is 49.4 Å².